The molecule has 0 unspecified atom stereocenters. The van der Waals surface area contributed by atoms with E-state index < -0.39 is 17.9 Å². The Morgan fingerprint density at radius 3 is 2.43 bits per heavy atom. The van der Waals surface area contributed by atoms with E-state index in [1.54, 1.807) is 24.3 Å². The Morgan fingerprint density at radius 2 is 1.86 bits per heavy atom. The second-order valence-electron chi connectivity index (χ2n) is 4.40. The maximum atomic E-state index is 14.1. The summed E-state index contributed by atoms with van der Waals surface area (Å²) in [6.07, 6.45) is -1.48. The van der Waals surface area contributed by atoms with Crippen molar-refractivity contribution in [2.24, 2.45) is 0 Å². The van der Waals surface area contributed by atoms with Crippen LogP contribution in [-0.2, 0) is 0 Å². The van der Waals surface area contributed by atoms with Crippen LogP contribution >= 0.6 is 27.5 Å². The van der Waals surface area contributed by atoms with Crippen molar-refractivity contribution < 1.29 is 13.6 Å². The molecular formula is C15H11BrClF2NO. The molecule has 0 fully saturated rings. The molecule has 2 nitrogen and oxygen atoms in total. The van der Waals surface area contributed by atoms with E-state index in [9.17, 15) is 13.6 Å². The molecule has 0 aliphatic heterocycles. The van der Waals surface area contributed by atoms with Crippen LogP contribution in [0.15, 0.2) is 40.9 Å². The molecule has 2 aromatic carbocycles. The van der Waals surface area contributed by atoms with E-state index in [4.69, 9.17) is 11.6 Å². The molecule has 0 spiro atoms. The predicted octanol–water partition coefficient (Wildman–Crippen LogP) is 5.52. The lowest BCUT2D eigenvalue weighted by molar-refractivity contribution is 0.102. The third kappa shape index (κ3) is 3.60. The smallest absolute Gasteiger partial charge is 0.259 e. The fourth-order valence-corrected chi connectivity index (χ4v) is 2.28. The summed E-state index contributed by atoms with van der Waals surface area (Å²) in [6.45, 7) is 1.24. The van der Waals surface area contributed by atoms with Crippen LogP contribution in [-0.4, -0.2) is 5.91 Å². The number of carbonyl (C=O) groups excluding carboxylic acids is 1. The molecule has 0 aliphatic rings. The first kappa shape index (κ1) is 15.9. The third-order valence-corrected chi connectivity index (χ3v) is 3.71. The zero-order valence-corrected chi connectivity index (χ0v) is 13.3. The van der Waals surface area contributed by atoms with Crippen LogP contribution in [0.1, 0.15) is 29.0 Å². The SMILES string of the molecule is C[C@@H](F)c1ccc(Cl)c(F)c1C(=O)Nc1ccc(Br)cc1. The van der Waals surface area contributed by atoms with Gasteiger partial charge >= 0.3 is 0 Å². The van der Waals surface area contributed by atoms with Crippen LogP contribution in [0.5, 0.6) is 0 Å². The fourth-order valence-electron chi connectivity index (χ4n) is 1.85. The molecule has 0 radical (unpaired) electrons. The van der Waals surface area contributed by atoms with Crippen LogP contribution < -0.4 is 5.32 Å². The molecule has 1 atom stereocenters. The van der Waals surface area contributed by atoms with E-state index in [1.165, 1.54) is 19.1 Å². The Hall–Kier alpha value is -1.46. The summed E-state index contributed by atoms with van der Waals surface area (Å²) in [7, 11) is 0. The van der Waals surface area contributed by atoms with Crippen molar-refractivity contribution in [3.05, 3.63) is 62.8 Å². The van der Waals surface area contributed by atoms with Crippen LogP contribution in [0, 0.1) is 5.82 Å². The second kappa shape index (κ2) is 6.54. The van der Waals surface area contributed by atoms with Crippen LogP contribution in [0.3, 0.4) is 0 Å². The molecule has 21 heavy (non-hydrogen) atoms. The second-order valence-corrected chi connectivity index (χ2v) is 5.73. The van der Waals surface area contributed by atoms with Crippen molar-refractivity contribution in [3.63, 3.8) is 0 Å². The Balaban J connectivity index is 2.38. The van der Waals surface area contributed by atoms with Crippen molar-refractivity contribution in [1.29, 1.82) is 0 Å². The van der Waals surface area contributed by atoms with Gasteiger partial charge in [0.15, 0.2) is 5.82 Å². The van der Waals surface area contributed by atoms with Crippen LogP contribution in [0.25, 0.3) is 0 Å². The standard InChI is InChI=1S/C15H11BrClF2NO/c1-8(18)11-6-7-12(17)14(19)13(11)15(21)20-10-4-2-9(16)3-5-10/h2-8H,1H3,(H,20,21)/t8-/m1/s1. The highest BCUT2D eigenvalue weighted by Crippen LogP contribution is 2.28. The van der Waals surface area contributed by atoms with Gasteiger partial charge in [0, 0.05) is 15.7 Å². The van der Waals surface area contributed by atoms with Gasteiger partial charge in [0.25, 0.3) is 5.91 Å². The van der Waals surface area contributed by atoms with E-state index in [0.29, 0.717) is 5.69 Å². The van der Waals surface area contributed by atoms with Gasteiger partial charge in [-0.1, -0.05) is 33.6 Å². The van der Waals surface area contributed by atoms with Crippen molar-refractivity contribution in [3.8, 4) is 0 Å². The van der Waals surface area contributed by atoms with Crippen molar-refractivity contribution in [2.75, 3.05) is 5.32 Å². The van der Waals surface area contributed by atoms with Gasteiger partial charge < -0.3 is 5.32 Å². The molecule has 1 N–H and O–H groups in total. The quantitative estimate of drug-likeness (QED) is 0.752. The maximum absolute atomic E-state index is 14.1. The molecule has 0 saturated heterocycles. The first-order valence-corrected chi connectivity index (χ1v) is 7.26. The van der Waals surface area contributed by atoms with E-state index in [2.05, 4.69) is 21.2 Å². The number of alkyl halides is 1. The van der Waals surface area contributed by atoms with E-state index in [1.807, 2.05) is 0 Å². The third-order valence-electron chi connectivity index (χ3n) is 2.88. The van der Waals surface area contributed by atoms with Crippen LogP contribution in [0.4, 0.5) is 14.5 Å². The van der Waals surface area contributed by atoms with Gasteiger partial charge in [0.2, 0.25) is 0 Å². The zero-order valence-electron chi connectivity index (χ0n) is 11.0. The van der Waals surface area contributed by atoms with Gasteiger partial charge in [0.05, 0.1) is 10.6 Å². The van der Waals surface area contributed by atoms with Crippen molar-refractivity contribution in [2.45, 2.75) is 13.1 Å². The average Bonchev–Trinajstić information content (AvgIpc) is 2.43. The largest absolute Gasteiger partial charge is 0.322 e. The Bertz CT molecular complexity index is 674. The molecule has 0 saturated carbocycles. The number of carbonyl (C=O) groups is 1. The van der Waals surface area contributed by atoms with E-state index in [-0.39, 0.29) is 16.1 Å². The lowest BCUT2D eigenvalue weighted by Crippen LogP contribution is -2.17. The van der Waals surface area contributed by atoms with Gasteiger partial charge in [-0.3, -0.25) is 4.79 Å². The van der Waals surface area contributed by atoms with E-state index in [0.717, 1.165) is 4.47 Å². The summed E-state index contributed by atoms with van der Waals surface area (Å²) in [4.78, 5) is 12.2. The molecule has 0 bridgehead atoms. The molecule has 2 rings (SSSR count). The molecule has 1 amide bonds. The molecule has 6 heteroatoms. The molecule has 2 aromatic rings. The summed E-state index contributed by atoms with van der Waals surface area (Å²) in [5, 5.41) is 2.30. The number of hydrogen-bond donors (Lipinski definition) is 1. The minimum Gasteiger partial charge on any atom is -0.322 e. The lowest BCUT2D eigenvalue weighted by Gasteiger charge is -2.13. The summed E-state index contributed by atoms with van der Waals surface area (Å²) >= 11 is 8.94. The van der Waals surface area contributed by atoms with Crippen molar-refractivity contribution >= 4 is 39.1 Å². The minimum absolute atomic E-state index is 0.0356. The van der Waals surface area contributed by atoms with E-state index >= 15 is 0 Å². The molecule has 0 heterocycles. The molecule has 110 valence electrons. The summed E-state index contributed by atoms with van der Waals surface area (Å²) < 4.78 is 28.5. The van der Waals surface area contributed by atoms with Crippen molar-refractivity contribution in [1.82, 2.24) is 0 Å². The fraction of sp³-hybridized carbons (Fsp3) is 0.133. The summed E-state index contributed by atoms with van der Waals surface area (Å²) in [5.41, 5.74) is 0.0620. The first-order valence-electron chi connectivity index (χ1n) is 6.09. The Morgan fingerprint density at radius 1 is 1.24 bits per heavy atom. The van der Waals surface area contributed by atoms with Gasteiger partial charge in [-0.15, -0.1) is 0 Å². The Labute approximate surface area is 134 Å². The zero-order chi connectivity index (χ0) is 15.6. The maximum Gasteiger partial charge on any atom is 0.259 e. The normalized spacial score (nSPS) is 12.0. The number of amides is 1. The lowest BCUT2D eigenvalue weighted by atomic mass is 10.0. The molecule has 0 aliphatic carbocycles. The molecular weight excluding hydrogens is 364 g/mol. The monoisotopic (exact) mass is 373 g/mol. The molecule has 0 aromatic heterocycles. The number of hydrogen-bond acceptors (Lipinski definition) is 1. The highest BCUT2D eigenvalue weighted by atomic mass is 79.9. The van der Waals surface area contributed by atoms with Gasteiger partial charge in [-0.2, -0.15) is 0 Å². The van der Waals surface area contributed by atoms with Crippen LogP contribution in [0.2, 0.25) is 5.02 Å². The highest BCUT2D eigenvalue weighted by molar-refractivity contribution is 9.10. The number of rotatable bonds is 3. The predicted molar refractivity (Wildman–Crippen MR) is 83.0 cm³/mol. The summed E-state index contributed by atoms with van der Waals surface area (Å²) in [5.74, 6) is -1.66. The Kier molecular flexibility index (Phi) is 4.96. The number of benzene rings is 2. The number of halogens is 4. The number of nitrogens with one attached hydrogen (secondary N) is 1. The topological polar surface area (TPSA) is 29.1 Å². The summed E-state index contributed by atoms with van der Waals surface area (Å²) in [6, 6.07) is 9.28. The first-order chi connectivity index (χ1) is 9.90. The van der Waals surface area contributed by atoms with Gasteiger partial charge in [-0.05, 0) is 37.3 Å². The van der Waals surface area contributed by atoms with Gasteiger partial charge in [0.1, 0.15) is 6.17 Å². The van der Waals surface area contributed by atoms with Gasteiger partial charge in [-0.25, -0.2) is 8.78 Å². The highest BCUT2D eigenvalue weighted by Gasteiger charge is 2.22. The number of anilines is 1. The average molecular weight is 375 g/mol. The minimum atomic E-state index is -1.48.